The van der Waals surface area contributed by atoms with Crippen LogP contribution in [-0.4, -0.2) is 31.7 Å². The number of hydrogen-bond donors (Lipinski definition) is 2. The molecule has 7 nitrogen and oxygen atoms in total. The third kappa shape index (κ3) is 3.73. The molecule has 1 amide bonds. The SMILES string of the molecule is CC(C)(C)CC(N=C1NS(=O)(=O)c2ccccc21)C(=O)NC1(C#N)CC1. The quantitative estimate of drug-likeness (QED) is 0.835. The second kappa shape index (κ2) is 6.09. The molecule has 26 heavy (non-hydrogen) atoms. The number of nitrogens with zero attached hydrogens (tertiary/aromatic N) is 2. The molecule has 1 fully saturated rings. The molecule has 1 heterocycles. The normalized spacial score (nSPS) is 22.0. The Kier molecular flexibility index (Phi) is 4.31. The van der Waals surface area contributed by atoms with E-state index in [1.807, 2.05) is 20.8 Å². The molecule has 0 aromatic heterocycles. The molecule has 138 valence electrons. The van der Waals surface area contributed by atoms with Crippen LogP contribution in [0, 0.1) is 16.7 Å². The van der Waals surface area contributed by atoms with Crippen molar-refractivity contribution in [1.82, 2.24) is 10.0 Å². The maximum absolute atomic E-state index is 12.8. The number of amides is 1. The number of amidine groups is 1. The van der Waals surface area contributed by atoms with Gasteiger partial charge in [-0.05, 0) is 36.8 Å². The first-order valence-corrected chi connectivity index (χ1v) is 9.97. The summed E-state index contributed by atoms with van der Waals surface area (Å²) in [6.45, 7) is 5.95. The van der Waals surface area contributed by atoms with Gasteiger partial charge in [0.05, 0.1) is 11.0 Å². The lowest BCUT2D eigenvalue weighted by Crippen LogP contribution is -2.43. The van der Waals surface area contributed by atoms with E-state index < -0.39 is 21.6 Å². The number of nitriles is 1. The van der Waals surface area contributed by atoms with Crippen LogP contribution in [0.5, 0.6) is 0 Å². The molecule has 1 atom stereocenters. The van der Waals surface area contributed by atoms with Crippen molar-refractivity contribution < 1.29 is 13.2 Å². The van der Waals surface area contributed by atoms with E-state index in [1.165, 1.54) is 6.07 Å². The Morgan fingerprint density at radius 1 is 1.38 bits per heavy atom. The minimum absolute atomic E-state index is 0.157. The molecule has 0 spiro atoms. The summed E-state index contributed by atoms with van der Waals surface area (Å²) >= 11 is 0. The van der Waals surface area contributed by atoms with Crippen molar-refractivity contribution in [3.63, 3.8) is 0 Å². The number of carbonyl (C=O) groups is 1. The average Bonchev–Trinajstić information content (AvgIpc) is 3.27. The van der Waals surface area contributed by atoms with E-state index in [-0.39, 0.29) is 22.1 Å². The molecule has 0 radical (unpaired) electrons. The van der Waals surface area contributed by atoms with Crippen molar-refractivity contribution in [3.8, 4) is 6.07 Å². The van der Waals surface area contributed by atoms with Gasteiger partial charge in [-0.1, -0.05) is 32.9 Å². The third-order valence-electron chi connectivity index (χ3n) is 4.38. The maximum atomic E-state index is 12.8. The number of hydrogen-bond acceptors (Lipinski definition) is 5. The fourth-order valence-corrected chi connectivity index (χ4v) is 4.11. The summed E-state index contributed by atoms with van der Waals surface area (Å²) in [4.78, 5) is 17.4. The van der Waals surface area contributed by atoms with Crippen molar-refractivity contribution in [2.24, 2.45) is 10.4 Å². The Morgan fingerprint density at radius 2 is 2.04 bits per heavy atom. The number of fused-ring (bicyclic) bond motifs is 1. The molecule has 8 heteroatoms. The van der Waals surface area contributed by atoms with E-state index in [0.29, 0.717) is 24.8 Å². The molecule has 1 saturated carbocycles. The molecule has 2 aliphatic rings. The van der Waals surface area contributed by atoms with E-state index in [0.717, 1.165) is 0 Å². The number of nitrogens with one attached hydrogen (secondary N) is 2. The van der Waals surface area contributed by atoms with E-state index in [1.54, 1.807) is 18.2 Å². The number of sulfonamides is 1. The van der Waals surface area contributed by atoms with Gasteiger partial charge in [-0.25, -0.2) is 8.42 Å². The van der Waals surface area contributed by atoms with E-state index in [4.69, 9.17) is 0 Å². The van der Waals surface area contributed by atoms with Crippen LogP contribution >= 0.6 is 0 Å². The minimum Gasteiger partial charge on any atom is -0.336 e. The Bertz CT molecular complexity index is 918. The Hall–Kier alpha value is -2.40. The summed E-state index contributed by atoms with van der Waals surface area (Å²) in [5, 5.41) is 12.0. The zero-order valence-corrected chi connectivity index (χ0v) is 15.9. The molecule has 1 aromatic carbocycles. The van der Waals surface area contributed by atoms with Crippen LogP contribution in [0.3, 0.4) is 0 Å². The van der Waals surface area contributed by atoms with Crippen LogP contribution in [0.15, 0.2) is 34.2 Å². The number of rotatable bonds is 4. The summed E-state index contributed by atoms with van der Waals surface area (Å²) in [7, 11) is -3.66. The molecule has 0 saturated heterocycles. The van der Waals surface area contributed by atoms with Gasteiger partial charge in [0.1, 0.15) is 17.4 Å². The Morgan fingerprint density at radius 3 is 2.62 bits per heavy atom. The van der Waals surface area contributed by atoms with Crippen LogP contribution in [-0.2, 0) is 14.8 Å². The smallest absolute Gasteiger partial charge is 0.263 e. The van der Waals surface area contributed by atoms with Gasteiger partial charge in [0.25, 0.3) is 10.0 Å². The van der Waals surface area contributed by atoms with E-state index >= 15 is 0 Å². The van der Waals surface area contributed by atoms with Crippen LogP contribution in [0.2, 0.25) is 0 Å². The second-order valence-electron chi connectivity index (χ2n) is 8.04. The minimum atomic E-state index is -3.66. The van der Waals surface area contributed by atoms with Gasteiger partial charge in [-0.3, -0.25) is 14.5 Å². The van der Waals surface area contributed by atoms with Crippen molar-refractivity contribution in [3.05, 3.63) is 29.8 Å². The second-order valence-corrected chi connectivity index (χ2v) is 9.69. The zero-order chi connectivity index (χ0) is 19.2. The first kappa shape index (κ1) is 18.4. The first-order chi connectivity index (χ1) is 12.1. The lowest BCUT2D eigenvalue weighted by Gasteiger charge is -2.24. The van der Waals surface area contributed by atoms with Gasteiger partial charge < -0.3 is 5.32 Å². The topological polar surface area (TPSA) is 111 Å². The molecular weight excluding hydrogens is 352 g/mol. The molecule has 3 rings (SSSR count). The van der Waals surface area contributed by atoms with Crippen molar-refractivity contribution in [1.29, 1.82) is 5.26 Å². The highest BCUT2D eigenvalue weighted by Crippen LogP contribution is 2.35. The fraction of sp³-hybridized carbons (Fsp3) is 0.500. The van der Waals surface area contributed by atoms with E-state index in [2.05, 4.69) is 21.1 Å². The summed E-state index contributed by atoms with van der Waals surface area (Å²) in [6.07, 6.45) is 1.68. The highest BCUT2D eigenvalue weighted by atomic mass is 32.2. The molecule has 2 N–H and O–H groups in total. The van der Waals surface area contributed by atoms with Crippen molar-refractivity contribution >= 4 is 21.8 Å². The van der Waals surface area contributed by atoms with Crippen LogP contribution in [0.1, 0.15) is 45.6 Å². The van der Waals surface area contributed by atoms with Crippen molar-refractivity contribution in [2.45, 2.75) is 56.5 Å². The standard InChI is InChI=1S/C18H22N4O3S/c1-17(2,3)10-13(16(23)21-18(11-19)8-9-18)20-15-12-6-4-5-7-14(12)26(24,25)22-15/h4-7,13H,8-10H2,1-3H3,(H,20,22)(H,21,23). The molecule has 1 unspecified atom stereocenters. The molecule has 1 aliphatic carbocycles. The van der Waals surface area contributed by atoms with Gasteiger partial charge in [-0.2, -0.15) is 5.26 Å². The highest BCUT2D eigenvalue weighted by molar-refractivity contribution is 7.90. The van der Waals surface area contributed by atoms with Crippen LogP contribution in [0.25, 0.3) is 0 Å². The van der Waals surface area contributed by atoms with Gasteiger partial charge in [0.15, 0.2) is 0 Å². The number of aliphatic imine (C=N–C) groups is 1. The van der Waals surface area contributed by atoms with Gasteiger partial charge >= 0.3 is 0 Å². The summed E-state index contributed by atoms with van der Waals surface area (Å²) in [5.41, 5.74) is -0.534. The zero-order valence-electron chi connectivity index (χ0n) is 15.0. The maximum Gasteiger partial charge on any atom is 0.263 e. The lowest BCUT2D eigenvalue weighted by molar-refractivity contribution is -0.123. The number of benzene rings is 1. The van der Waals surface area contributed by atoms with E-state index in [9.17, 15) is 18.5 Å². The highest BCUT2D eigenvalue weighted by Gasteiger charge is 2.46. The number of carbonyl (C=O) groups excluding carboxylic acids is 1. The largest absolute Gasteiger partial charge is 0.336 e. The predicted octanol–water partition coefficient (Wildman–Crippen LogP) is 1.70. The predicted molar refractivity (Wildman–Crippen MR) is 96.9 cm³/mol. The summed E-state index contributed by atoms with van der Waals surface area (Å²) in [6, 6.07) is 7.88. The fourth-order valence-electron chi connectivity index (χ4n) is 2.87. The molecule has 0 bridgehead atoms. The van der Waals surface area contributed by atoms with Gasteiger partial charge in [0, 0.05) is 5.56 Å². The Balaban J connectivity index is 1.95. The third-order valence-corrected chi connectivity index (χ3v) is 5.78. The Labute approximate surface area is 153 Å². The molecule has 1 aromatic rings. The average molecular weight is 374 g/mol. The summed E-state index contributed by atoms with van der Waals surface area (Å²) < 4.78 is 26.9. The van der Waals surface area contributed by atoms with Crippen molar-refractivity contribution in [2.75, 3.05) is 0 Å². The lowest BCUT2D eigenvalue weighted by atomic mass is 9.88. The monoisotopic (exact) mass is 374 g/mol. The first-order valence-electron chi connectivity index (χ1n) is 8.49. The van der Waals surface area contributed by atoms with Crippen LogP contribution < -0.4 is 10.0 Å². The van der Waals surface area contributed by atoms with Crippen LogP contribution in [0.4, 0.5) is 0 Å². The summed E-state index contributed by atoms with van der Waals surface area (Å²) in [5.74, 6) is -0.179. The van der Waals surface area contributed by atoms with Gasteiger partial charge in [0.2, 0.25) is 5.91 Å². The molecule has 1 aliphatic heterocycles. The molecular formula is C18H22N4O3S. The van der Waals surface area contributed by atoms with Gasteiger partial charge in [-0.15, -0.1) is 0 Å².